The lowest BCUT2D eigenvalue weighted by atomic mass is 10.0. The lowest BCUT2D eigenvalue weighted by Crippen LogP contribution is -2.30. The third-order valence-corrected chi connectivity index (χ3v) is 10.2. The van der Waals surface area contributed by atoms with Gasteiger partial charge < -0.3 is 14.2 Å². The van der Waals surface area contributed by atoms with Crippen LogP contribution in [0, 0.1) is 0 Å². The van der Waals surface area contributed by atoms with E-state index >= 15 is 0 Å². The van der Waals surface area contributed by atoms with Gasteiger partial charge in [0, 0.05) is 19.3 Å². The molecule has 0 aliphatic heterocycles. The maximum atomic E-state index is 12.7. The minimum atomic E-state index is -0.805. The molecule has 0 aromatic heterocycles. The fourth-order valence-electron chi connectivity index (χ4n) is 6.59. The summed E-state index contributed by atoms with van der Waals surface area (Å²) in [5.74, 6) is -0.975. The highest BCUT2D eigenvalue weighted by Crippen LogP contribution is 2.15. The highest BCUT2D eigenvalue weighted by Gasteiger charge is 2.19. The smallest absolute Gasteiger partial charge is 0.306 e. The molecule has 6 nitrogen and oxygen atoms in total. The van der Waals surface area contributed by atoms with Crippen molar-refractivity contribution in [2.75, 3.05) is 13.2 Å². The fourth-order valence-corrected chi connectivity index (χ4v) is 6.59. The molecule has 0 aliphatic rings. The van der Waals surface area contributed by atoms with Gasteiger partial charge in [-0.3, -0.25) is 14.4 Å². The molecule has 0 aromatic carbocycles. The minimum absolute atomic E-state index is 0.100. The summed E-state index contributed by atoms with van der Waals surface area (Å²) in [6, 6.07) is 0. The number of hydrogen-bond acceptors (Lipinski definition) is 6. The van der Waals surface area contributed by atoms with Gasteiger partial charge in [-0.25, -0.2) is 0 Å². The van der Waals surface area contributed by atoms with E-state index < -0.39 is 6.10 Å². The third-order valence-electron chi connectivity index (χ3n) is 10.2. The van der Waals surface area contributed by atoms with Crippen LogP contribution in [0.15, 0.2) is 60.8 Å². The first-order chi connectivity index (χ1) is 28.0. The average molecular weight is 797 g/mol. The molecule has 1 unspecified atom stereocenters. The second-order valence-corrected chi connectivity index (χ2v) is 15.8. The van der Waals surface area contributed by atoms with E-state index in [0.29, 0.717) is 19.3 Å². The number of allylic oxidation sites excluding steroid dienone is 10. The van der Waals surface area contributed by atoms with Crippen LogP contribution in [0.4, 0.5) is 0 Å². The van der Waals surface area contributed by atoms with E-state index in [1.807, 2.05) is 54.7 Å². The number of hydrogen-bond donors (Lipinski definition) is 0. The molecule has 0 spiro atoms. The molecule has 0 bridgehead atoms. The van der Waals surface area contributed by atoms with Crippen molar-refractivity contribution in [1.29, 1.82) is 0 Å². The Morgan fingerprint density at radius 3 is 1.05 bits per heavy atom. The fraction of sp³-hybridized carbons (Fsp3) is 0.745. The summed E-state index contributed by atoms with van der Waals surface area (Å²) in [6.07, 6.45) is 55.0. The van der Waals surface area contributed by atoms with Crippen molar-refractivity contribution in [2.24, 2.45) is 0 Å². The molecule has 0 N–H and O–H groups in total. The maximum Gasteiger partial charge on any atom is 0.306 e. The number of carbonyl (C=O) groups excluding carboxylic acids is 3. The molecule has 0 aromatic rings. The van der Waals surface area contributed by atoms with Crippen LogP contribution < -0.4 is 0 Å². The van der Waals surface area contributed by atoms with Gasteiger partial charge in [0.1, 0.15) is 13.2 Å². The highest BCUT2D eigenvalue weighted by atomic mass is 16.6. The van der Waals surface area contributed by atoms with Crippen molar-refractivity contribution >= 4 is 17.9 Å². The Balaban J connectivity index is 4.39. The predicted octanol–water partition coefficient (Wildman–Crippen LogP) is 15.3. The Morgan fingerprint density at radius 1 is 0.368 bits per heavy atom. The maximum absolute atomic E-state index is 12.7. The first-order valence-electron chi connectivity index (χ1n) is 23.9. The Morgan fingerprint density at radius 2 is 0.684 bits per heavy atom. The molecule has 0 fully saturated rings. The van der Waals surface area contributed by atoms with Crippen LogP contribution in [0.5, 0.6) is 0 Å². The van der Waals surface area contributed by atoms with Gasteiger partial charge >= 0.3 is 17.9 Å². The van der Waals surface area contributed by atoms with E-state index in [-0.39, 0.29) is 37.5 Å². The summed E-state index contributed by atoms with van der Waals surface area (Å²) >= 11 is 0. The zero-order valence-corrected chi connectivity index (χ0v) is 37.3. The van der Waals surface area contributed by atoms with Crippen molar-refractivity contribution in [3.63, 3.8) is 0 Å². The van der Waals surface area contributed by atoms with Crippen LogP contribution in [0.1, 0.15) is 226 Å². The van der Waals surface area contributed by atoms with E-state index in [9.17, 15) is 14.4 Å². The first kappa shape index (κ1) is 54.1. The lowest BCUT2D eigenvalue weighted by molar-refractivity contribution is -0.167. The Bertz CT molecular complexity index is 1050. The molecule has 0 rings (SSSR count). The van der Waals surface area contributed by atoms with Crippen molar-refractivity contribution in [3.05, 3.63) is 60.8 Å². The van der Waals surface area contributed by atoms with E-state index in [4.69, 9.17) is 14.2 Å². The van der Waals surface area contributed by atoms with E-state index in [0.717, 1.165) is 51.4 Å². The molecule has 1 atom stereocenters. The standard InChI is InChI=1S/C51H88O6/c1-4-7-10-13-16-19-21-23-24-25-26-28-29-32-35-38-41-44-50(53)56-47-48(46-55-49(52)43-40-37-34-31-18-15-12-9-6-3)57-51(54)45-42-39-36-33-30-27-22-20-17-14-11-8-5-2/h8,11,14,17,20,22,27,30,33,36,48H,4-7,9-10,12-13,15-16,18-19,21,23-26,28-29,31-32,34-35,37-47H2,1-3H3/b11-8-,17-14-,22-20-,30-27-,36-33-. The zero-order valence-electron chi connectivity index (χ0n) is 37.3. The number of ether oxygens (including phenoxy) is 3. The van der Waals surface area contributed by atoms with Crippen LogP contribution in [0.2, 0.25) is 0 Å². The zero-order chi connectivity index (χ0) is 41.5. The van der Waals surface area contributed by atoms with Gasteiger partial charge in [-0.2, -0.15) is 0 Å². The van der Waals surface area contributed by atoms with Gasteiger partial charge in [-0.1, -0.05) is 236 Å². The minimum Gasteiger partial charge on any atom is -0.462 e. The predicted molar refractivity (Wildman–Crippen MR) is 242 cm³/mol. The molecular weight excluding hydrogens is 709 g/mol. The van der Waals surface area contributed by atoms with Gasteiger partial charge in [0.2, 0.25) is 0 Å². The summed E-state index contributed by atoms with van der Waals surface area (Å²) in [4.78, 5) is 37.7. The summed E-state index contributed by atoms with van der Waals surface area (Å²) in [6.45, 7) is 6.41. The van der Waals surface area contributed by atoms with Crippen LogP contribution >= 0.6 is 0 Å². The second-order valence-electron chi connectivity index (χ2n) is 15.8. The monoisotopic (exact) mass is 797 g/mol. The van der Waals surface area contributed by atoms with Crippen molar-refractivity contribution in [2.45, 2.75) is 232 Å². The Hall–Kier alpha value is -2.89. The van der Waals surface area contributed by atoms with E-state index in [1.54, 1.807) is 0 Å². The summed E-state index contributed by atoms with van der Waals surface area (Å²) < 4.78 is 16.6. The van der Waals surface area contributed by atoms with Gasteiger partial charge in [0.05, 0.1) is 0 Å². The number of esters is 3. The third kappa shape index (κ3) is 44.1. The van der Waals surface area contributed by atoms with Crippen LogP contribution in [0.25, 0.3) is 0 Å². The molecule has 57 heavy (non-hydrogen) atoms. The van der Waals surface area contributed by atoms with E-state index in [2.05, 4.69) is 26.8 Å². The highest BCUT2D eigenvalue weighted by molar-refractivity contribution is 5.71. The molecule has 0 saturated carbocycles. The summed E-state index contributed by atoms with van der Waals surface area (Å²) in [5.41, 5.74) is 0. The molecule has 0 amide bonds. The molecule has 6 heteroatoms. The normalized spacial score (nSPS) is 12.5. The molecule has 0 saturated heterocycles. The van der Waals surface area contributed by atoms with E-state index in [1.165, 1.54) is 128 Å². The molecule has 0 heterocycles. The van der Waals surface area contributed by atoms with Gasteiger partial charge in [0.15, 0.2) is 6.10 Å². The van der Waals surface area contributed by atoms with Gasteiger partial charge in [-0.05, 0) is 32.1 Å². The number of rotatable bonds is 42. The van der Waals surface area contributed by atoms with Crippen molar-refractivity contribution in [1.82, 2.24) is 0 Å². The Labute approximate surface area is 351 Å². The largest absolute Gasteiger partial charge is 0.462 e. The SMILES string of the molecule is CC\C=C/C=C\C=C/C=C\C=C/CCCC(=O)OC(COC(=O)CCCCCCCCCCC)COC(=O)CCCCCCCCCCCCCCCCCCC. The molecule has 328 valence electrons. The van der Waals surface area contributed by atoms with Gasteiger partial charge in [-0.15, -0.1) is 0 Å². The summed E-state index contributed by atoms with van der Waals surface area (Å²) in [5, 5.41) is 0. The molecular formula is C51H88O6. The number of unbranched alkanes of at least 4 members (excludes halogenated alkanes) is 25. The second kappa shape index (κ2) is 45.8. The Kier molecular flexibility index (Phi) is 43.5. The number of carbonyl (C=O) groups is 3. The quantitative estimate of drug-likeness (QED) is 0.0265. The van der Waals surface area contributed by atoms with Crippen LogP contribution in [0.3, 0.4) is 0 Å². The average Bonchev–Trinajstić information content (AvgIpc) is 3.21. The molecule has 0 radical (unpaired) electrons. The molecule has 0 aliphatic carbocycles. The van der Waals surface area contributed by atoms with Gasteiger partial charge in [0.25, 0.3) is 0 Å². The van der Waals surface area contributed by atoms with Crippen molar-refractivity contribution < 1.29 is 28.6 Å². The summed E-state index contributed by atoms with van der Waals surface area (Å²) in [7, 11) is 0. The topological polar surface area (TPSA) is 78.9 Å². The van der Waals surface area contributed by atoms with Crippen molar-refractivity contribution in [3.8, 4) is 0 Å². The van der Waals surface area contributed by atoms with Crippen LogP contribution in [-0.2, 0) is 28.6 Å². The lowest BCUT2D eigenvalue weighted by Gasteiger charge is -2.18. The van der Waals surface area contributed by atoms with Crippen LogP contribution in [-0.4, -0.2) is 37.2 Å². The first-order valence-corrected chi connectivity index (χ1v) is 23.9.